The van der Waals surface area contributed by atoms with Crippen LogP contribution in [0.25, 0.3) is 0 Å². The second-order valence-electron chi connectivity index (χ2n) is 4.61. The fraction of sp³-hybridized carbons (Fsp3) is 0.357. The number of benzene rings is 1. The largest absolute Gasteiger partial charge is 0.480 e. The molecule has 0 bridgehead atoms. The maximum atomic E-state index is 12.2. The molecule has 1 aromatic rings. The summed E-state index contributed by atoms with van der Waals surface area (Å²) in [5, 5.41) is 11.8. The Morgan fingerprint density at radius 3 is 2.76 bits per heavy atom. The number of hydrogen-bond donors (Lipinski definition) is 2. The minimum absolute atomic E-state index is 0.0372. The number of aliphatic carboxylic acids is 1. The zero-order chi connectivity index (χ0) is 15.4. The van der Waals surface area contributed by atoms with Crippen molar-refractivity contribution in [3.63, 3.8) is 0 Å². The van der Waals surface area contributed by atoms with Crippen LogP contribution < -0.4 is 10.2 Å². The number of rotatable bonds is 4. The van der Waals surface area contributed by atoms with Gasteiger partial charge in [-0.25, -0.2) is 9.59 Å². The molecule has 1 unspecified atom stereocenters. The van der Waals surface area contributed by atoms with Crippen LogP contribution in [0.3, 0.4) is 0 Å². The average Bonchev–Trinajstić information content (AvgIpc) is 2.86. The highest BCUT2D eigenvalue weighted by atomic mass is 16.5. The maximum Gasteiger partial charge on any atom is 0.327 e. The van der Waals surface area contributed by atoms with Gasteiger partial charge in [-0.2, -0.15) is 0 Å². The Balaban J connectivity index is 2.09. The summed E-state index contributed by atoms with van der Waals surface area (Å²) < 4.78 is 4.48. The van der Waals surface area contributed by atoms with Crippen LogP contribution in [0, 0.1) is 0 Å². The van der Waals surface area contributed by atoms with E-state index < -0.39 is 24.0 Å². The number of nitrogens with one attached hydrogen (secondary N) is 1. The molecule has 0 spiro atoms. The van der Waals surface area contributed by atoms with Crippen LogP contribution in [0.1, 0.15) is 12.0 Å². The topological polar surface area (TPSA) is 95.9 Å². The highest BCUT2D eigenvalue weighted by Gasteiger charge is 2.38. The number of nitrogens with zero attached hydrogens (tertiary/aromatic N) is 1. The van der Waals surface area contributed by atoms with E-state index in [0.29, 0.717) is 5.69 Å². The smallest absolute Gasteiger partial charge is 0.327 e. The van der Waals surface area contributed by atoms with Crippen LogP contribution in [0.15, 0.2) is 24.3 Å². The quantitative estimate of drug-likeness (QED) is 0.799. The molecule has 0 aromatic heterocycles. The first-order chi connectivity index (χ1) is 10.0. The van der Waals surface area contributed by atoms with Crippen LogP contribution in [0.5, 0.6) is 0 Å². The number of methoxy groups -OCH3 is 1. The average molecular weight is 292 g/mol. The lowest BCUT2D eigenvalue weighted by atomic mass is 10.1. The Hall–Kier alpha value is -2.57. The summed E-state index contributed by atoms with van der Waals surface area (Å²) in [6, 6.07) is 5.59. The molecule has 2 N–H and O–H groups in total. The minimum atomic E-state index is -1.06. The van der Waals surface area contributed by atoms with Gasteiger partial charge in [0, 0.05) is 18.7 Å². The predicted molar refractivity (Wildman–Crippen MR) is 74.1 cm³/mol. The number of fused-ring (bicyclic) bond motifs is 1. The Morgan fingerprint density at radius 1 is 1.38 bits per heavy atom. The summed E-state index contributed by atoms with van der Waals surface area (Å²) >= 11 is 0. The molecule has 1 aromatic carbocycles. The lowest BCUT2D eigenvalue weighted by Gasteiger charge is -2.22. The number of carbonyl (C=O) groups excluding carboxylic acids is 2. The van der Waals surface area contributed by atoms with Gasteiger partial charge in [-0.05, 0) is 11.6 Å². The molecule has 21 heavy (non-hydrogen) atoms. The lowest BCUT2D eigenvalue weighted by molar-refractivity contribution is -0.140. The number of ether oxygens (including phenoxy) is 1. The Kier molecular flexibility index (Phi) is 4.42. The molecule has 7 heteroatoms. The highest BCUT2D eigenvalue weighted by molar-refractivity contribution is 6.01. The second kappa shape index (κ2) is 6.25. The molecule has 1 aliphatic heterocycles. The van der Waals surface area contributed by atoms with Crippen molar-refractivity contribution in [1.82, 2.24) is 5.32 Å². The van der Waals surface area contributed by atoms with Crippen molar-refractivity contribution in [1.29, 1.82) is 0 Å². The number of esters is 1. The highest BCUT2D eigenvalue weighted by Crippen LogP contribution is 2.32. The summed E-state index contributed by atoms with van der Waals surface area (Å²) in [4.78, 5) is 35.7. The molecule has 1 aliphatic rings. The van der Waals surface area contributed by atoms with E-state index in [1.165, 1.54) is 12.0 Å². The van der Waals surface area contributed by atoms with Gasteiger partial charge in [0.2, 0.25) is 0 Å². The number of carboxylic acids is 1. The van der Waals surface area contributed by atoms with E-state index >= 15 is 0 Å². The number of amides is 2. The third-order valence-corrected chi connectivity index (χ3v) is 3.31. The van der Waals surface area contributed by atoms with E-state index in [1.54, 1.807) is 24.3 Å². The number of para-hydroxylation sites is 1. The fourth-order valence-electron chi connectivity index (χ4n) is 2.29. The Morgan fingerprint density at radius 2 is 2.10 bits per heavy atom. The normalized spacial score (nSPS) is 16.2. The van der Waals surface area contributed by atoms with Gasteiger partial charge in [-0.15, -0.1) is 0 Å². The van der Waals surface area contributed by atoms with Gasteiger partial charge in [-0.3, -0.25) is 9.69 Å². The summed E-state index contributed by atoms with van der Waals surface area (Å²) in [6.07, 6.45) is 0.311. The molecule has 1 heterocycles. The van der Waals surface area contributed by atoms with Crippen LogP contribution in [0.2, 0.25) is 0 Å². The molecule has 0 aliphatic carbocycles. The van der Waals surface area contributed by atoms with Crippen LogP contribution in [-0.2, 0) is 20.7 Å². The fourth-order valence-corrected chi connectivity index (χ4v) is 2.29. The third kappa shape index (κ3) is 3.13. The number of hydrogen-bond acceptors (Lipinski definition) is 4. The first-order valence-electron chi connectivity index (χ1n) is 6.49. The van der Waals surface area contributed by atoms with E-state index in [2.05, 4.69) is 10.1 Å². The van der Waals surface area contributed by atoms with Crippen LogP contribution in [-0.4, -0.2) is 42.8 Å². The van der Waals surface area contributed by atoms with E-state index in [4.69, 9.17) is 0 Å². The van der Waals surface area contributed by atoms with Crippen molar-refractivity contribution < 1.29 is 24.2 Å². The van der Waals surface area contributed by atoms with Crippen molar-refractivity contribution in [2.24, 2.45) is 0 Å². The van der Waals surface area contributed by atoms with E-state index in [1.807, 2.05) is 0 Å². The first kappa shape index (κ1) is 14.8. The van der Waals surface area contributed by atoms with Gasteiger partial charge in [0.1, 0.15) is 6.04 Å². The number of urea groups is 1. The van der Waals surface area contributed by atoms with Crippen molar-refractivity contribution in [2.75, 3.05) is 18.6 Å². The number of carbonyl (C=O) groups is 3. The zero-order valence-corrected chi connectivity index (χ0v) is 11.5. The Labute approximate surface area is 121 Å². The SMILES string of the molecule is COC(=O)CCNC(=O)N1c2ccccc2CC1C(=O)O. The molecular weight excluding hydrogens is 276 g/mol. The summed E-state index contributed by atoms with van der Waals surface area (Å²) in [7, 11) is 1.27. The van der Waals surface area contributed by atoms with Crippen molar-refractivity contribution in [2.45, 2.75) is 18.9 Å². The van der Waals surface area contributed by atoms with E-state index in [0.717, 1.165) is 5.56 Å². The maximum absolute atomic E-state index is 12.2. The predicted octanol–water partition coefficient (Wildman–Crippen LogP) is 0.775. The molecule has 0 radical (unpaired) electrons. The number of carboxylic acid groups (broad SMARTS) is 1. The third-order valence-electron chi connectivity index (χ3n) is 3.31. The molecule has 2 rings (SSSR count). The first-order valence-corrected chi connectivity index (χ1v) is 6.49. The molecule has 1 atom stereocenters. The Bertz CT molecular complexity index is 572. The van der Waals surface area contributed by atoms with E-state index in [-0.39, 0.29) is 19.4 Å². The molecule has 7 nitrogen and oxygen atoms in total. The van der Waals surface area contributed by atoms with Gasteiger partial charge < -0.3 is 15.2 Å². The van der Waals surface area contributed by atoms with Gasteiger partial charge in [0.15, 0.2) is 0 Å². The molecule has 0 saturated heterocycles. The standard InChI is InChI=1S/C14H16N2O5/c1-21-12(17)6-7-15-14(20)16-10-5-3-2-4-9(10)8-11(16)13(18)19/h2-5,11H,6-8H2,1H3,(H,15,20)(H,18,19). The van der Waals surface area contributed by atoms with Crippen LogP contribution >= 0.6 is 0 Å². The summed E-state index contributed by atoms with van der Waals surface area (Å²) in [6.45, 7) is 0.0938. The molecule has 0 fully saturated rings. The molecular formula is C14H16N2O5. The van der Waals surface area contributed by atoms with Crippen molar-refractivity contribution in [3.05, 3.63) is 29.8 Å². The zero-order valence-electron chi connectivity index (χ0n) is 11.5. The lowest BCUT2D eigenvalue weighted by Crippen LogP contribution is -2.48. The second-order valence-corrected chi connectivity index (χ2v) is 4.61. The van der Waals surface area contributed by atoms with Gasteiger partial charge in [0.05, 0.1) is 13.5 Å². The minimum Gasteiger partial charge on any atom is -0.480 e. The molecule has 112 valence electrons. The molecule has 2 amide bonds. The van der Waals surface area contributed by atoms with Crippen molar-refractivity contribution in [3.8, 4) is 0 Å². The van der Waals surface area contributed by atoms with Gasteiger partial charge >= 0.3 is 18.0 Å². The summed E-state index contributed by atoms with van der Waals surface area (Å²) in [5.41, 5.74) is 1.40. The van der Waals surface area contributed by atoms with Gasteiger partial charge in [-0.1, -0.05) is 18.2 Å². The van der Waals surface area contributed by atoms with E-state index in [9.17, 15) is 19.5 Å². The monoisotopic (exact) mass is 292 g/mol. The summed E-state index contributed by atoms with van der Waals surface area (Å²) in [5.74, 6) is -1.50. The van der Waals surface area contributed by atoms with Gasteiger partial charge in [0.25, 0.3) is 0 Å². The molecule has 0 saturated carbocycles. The van der Waals surface area contributed by atoms with Crippen molar-refractivity contribution >= 4 is 23.7 Å². The number of anilines is 1. The van der Waals surface area contributed by atoms with Crippen LogP contribution in [0.4, 0.5) is 10.5 Å².